The van der Waals surface area contributed by atoms with Crippen LogP contribution in [0.1, 0.15) is 35.6 Å². The first-order chi connectivity index (χ1) is 8.97. The van der Waals surface area contributed by atoms with Gasteiger partial charge in [-0.3, -0.25) is 0 Å². The van der Waals surface area contributed by atoms with Crippen molar-refractivity contribution in [1.82, 2.24) is 9.97 Å². The predicted molar refractivity (Wildman–Crippen MR) is 74.0 cm³/mol. The number of benzene rings is 1. The molecule has 0 fully saturated rings. The molecule has 0 bridgehead atoms. The van der Waals surface area contributed by atoms with Gasteiger partial charge in [0, 0.05) is 11.3 Å². The molecule has 4 nitrogen and oxygen atoms in total. The molecule has 4 heteroatoms. The van der Waals surface area contributed by atoms with Gasteiger partial charge < -0.3 is 9.72 Å². The molecule has 0 aliphatic heterocycles. The molecular weight excluding hydrogens is 240 g/mol. The number of aromatic amines is 1. The number of ether oxygens (including phenoxy) is 1. The van der Waals surface area contributed by atoms with Crippen molar-refractivity contribution in [2.24, 2.45) is 0 Å². The number of H-pyrrole nitrogens is 1. The smallest absolute Gasteiger partial charge is 0.359 e. The van der Waals surface area contributed by atoms with Gasteiger partial charge in [-0.05, 0) is 33.8 Å². The van der Waals surface area contributed by atoms with E-state index in [9.17, 15) is 4.79 Å². The Morgan fingerprint density at radius 3 is 2.68 bits per heavy atom. The van der Waals surface area contributed by atoms with Crippen molar-refractivity contribution in [3.8, 4) is 11.4 Å². The zero-order chi connectivity index (χ0) is 14.0. The van der Waals surface area contributed by atoms with Gasteiger partial charge in [0.2, 0.25) is 0 Å². The van der Waals surface area contributed by atoms with Crippen molar-refractivity contribution in [1.29, 1.82) is 0 Å². The lowest BCUT2D eigenvalue weighted by molar-refractivity contribution is 0.0370. The molecule has 2 rings (SSSR count). The maximum Gasteiger partial charge on any atom is 0.359 e. The van der Waals surface area contributed by atoms with Crippen LogP contribution in [0.5, 0.6) is 0 Å². The molecule has 1 N–H and O–H groups in total. The van der Waals surface area contributed by atoms with Gasteiger partial charge in [-0.25, -0.2) is 9.78 Å². The summed E-state index contributed by atoms with van der Waals surface area (Å²) >= 11 is 0. The van der Waals surface area contributed by atoms with E-state index >= 15 is 0 Å². The van der Waals surface area contributed by atoms with Crippen LogP contribution in [0.3, 0.4) is 0 Å². The Kier molecular flexibility index (Phi) is 3.69. The molecule has 1 aromatic heterocycles. The fourth-order valence-electron chi connectivity index (χ4n) is 1.86. The highest BCUT2D eigenvalue weighted by molar-refractivity contribution is 5.89. The van der Waals surface area contributed by atoms with E-state index in [1.165, 1.54) is 0 Å². The van der Waals surface area contributed by atoms with Gasteiger partial charge in [-0.15, -0.1) is 0 Å². The first-order valence-electron chi connectivity index (χ1n) is 6.32. The molecule has 0 aliphatic rings. The van der Waals surface area contributed by atoms with E-state index in [4.69, 9.17) is 4.74 Å². The monoisotopic (exact) mass is 258 g/mol. The van der Waals surface area contributed by atoms with Crippen LogP contribution >= 0.6 is 0 Å². The summed E-state index contributed by atoms with van der Waals surface area (Å²) in [5, 5.41) is 0. The molecule has 0 unspecified atom stereocenters. The van der Waals surface area contributed by atoms with Crippen molar-refractivity contribution >= 4 is 5.97 Å². The summed E-state index contributed by atoms with van der Waals surface area (Å²) in [6.07, 6.45) is -0.147. The SMILES string of the molecule is Cc1cccc(-c2nc(C(=O)OC(C)C)c(C)[nH]2)c1. The normalized spacial score (nSPS) is 10.8. The van der Waals surface area contributed by atoms with Crippen molar-refractivity contribution in [3.05, 3.63) is 41.2 Å². The molecule has 2 aromatic rings. The van der Waals surface area contributed by atoms with Crippen LogP contribution in [0.2, 0.25) is 0 Å². The second kappa shape index (κ2) is 5.26. The Morgan fingerprint density at radius 1 is 1.32 bits per heavy atom. The fraction of sp³-hybridized carbons (Fsp3) is 0.333. The summed E-state index contributed by atoms with van der Waals surface area (Å²) in [5.74, 6) is 0.305. The molecule has 0 amide bonds. The third kappa shape index (κ3) is 3.02. The van der Waals surface area contributed by atoms with Gasteiger partial charge >= 0.3 is 5.97 Å². The molecule has 1 heterocycles. The largest absolute Gasteiger partial charge is 0.458 e. The fourth-order valence-corrected chi connectivity index (χ4v) is 1.86. The summed E-state index contributed by atoms with van der Waals surface area (Å²) in [7, 11) is 0. The van der Waals surface area contributed by atoms with Crippen molar-refractivity contribution in [3.63, 3.8) is 0 Å². The molecule has 0 atom stereocenters. The molecule has 0 aliphatic carbocycles. The third-order valence-corrected chi connectivity index (χ3v) is 2.71. The van der Waals surface area contributed by atoms with Gasteiger partial charge in [0.15, 0.2) is 5.69 Å². The van der Waals surface area contributed by atoms with Crippen molar-refractivity contribution < 1.29 is 9.53 Å². The number of carbonyl (C=O) groups excluding carboxylic acids is 1. The van der Waals surface area contributed by atoms with E-state index in [2.05, 4.69) is 9.97 Å². The number of nitrogens with one attached hydrogen (secondary N) is 1. The molecule has 19 heavy (non-hydrogen) atoms. The first-order valence-corrected chi connectivity index (χ1v) is 6.32. The summed E-state index contributed by atoms with van der Waals surface area (Å²) < 4.78 is 5.17. The minimum Gasteiger partial charge on any atom is -0.458 e. The number of esters is 1. The molecule has 0 radical (unpaired) electrons. The highest BCUT2D eigenvalue weighted by Gasteiger charge is 2.18. The van der Waals surface area contributed by atoms with Crippen LogP contribution in [-0.2, 0) is 4.74 Å². The Hall–Kier alpha value is -2.10. The molecule has 0 spiro atoms. The number of rotatable bonds is 3. The minimum absolute atomic E-state index is 0.147. The van der Waals surface area contributed by atoms with Gasteiger partial charge in [0.25, 0.3) is 0 Å². The standard InChI is InChI=1S/C15H18N2O2/c1-9(2)19-15(18)13-11(4)16-14(17-13)12-7-5-6-10(3)8-12/h5-9H,1-4H3,(H,16,17). The van der Waals surface area contributed by atoms with Crippen LogP contribution in [-0.4, -0.2) is 22.0 Å². The van der Waals surface area contributed by atoms with Gasteiger partial charge in [0.05, 0.1) is 6.10 Å². The number of imidazole rings is 1. The summed E-state index contributed by atoms with van der Waals surface area (Å²) in [6.45, 7) is 7.49. The van der Waals surface area contributed by atoms with Gasteiger partial charge in [-0.2, -0.15) is 0 Å². The summed E-state index contributed by atoms with van der Waals surface area (Å²) in [4.78, 5) is 19.4. The number of hydrogen-bond donors (Lipinski definition) is 1. The molecule has 0 saturated carbocycles. The summed E-state index contributed by atoms with van der Waals surface area (Å²) in [5.41, 5.74) is 3.19. The van der Waals surface area contributed by atoms with Crippen LogP contribution < -0.4 is 0 Å². The summed E-state index contributed by atoms with van der Waals surface area (Å²) in [6, 6.07) is 7.97. The number of aryl methyl sites for hydroxylation is 2. The first kappa shape index (κ1) is 13.3. The second-order valence-corrected chi connectivity index (χ2v) is 4.88. The van der Waals surface area contributed by atoms with Crippen molar-refractivity contribution in [2.45, 2.75) is 33.8 Å². The molecule has 0 saturated heterocycles. The Labute approximate surface area is 112 Å². The quantitative estimate of drug-likeness (QED) is 0.860. The highest BCUT2D eigenvalue weighted by atomic mass is 16.5. The predicted octanol–water partition coefficient (Wildman–Crippen LogP) is 3.26. The van der Waals surface area contributed by atoms with Gasteiger partial charge in [-0.1, -0.05) is 23.8 Å². The molecule has 100 valence electrons. The number of nitrogens with zero attached hydrogens (tertiary/aromatic N) is 1. The van der Waals surface area contributed by atoms with E-state index in [-0.39, 0.29) is 12.1 Å². The topological polar surface area (TPSA) is 55.0 Å². The van der Waals surface area contributed by atoms with Crippen LogP contribution in [0.15, 0.2) is 24.3 Å². The van der Waals surface area contributed by atoms with Crippen LogP contribution in [0.25, 0.3) is 11.4 Å². The van der Waals surface area contributed by atoms with Crippen molar-refractivity contribution in [2.75, 3.05) is 0 Å². The van der Waals surface area contributed by atoms with E-state index < -0.39 is 0 Å². The average Bonchev–Trinajstić information content (AvgIpc) is 2.70. The van der Waals surface area contributed by atoms with E-state index in [1.54, 1.807) is 0 Å². The Balaban J connectivity index is 2.33. The lowest BCUT2D eigenvalue weighted by Crippen LogP contribution is -2.13. The highest BCUT2D eigenvalue weighted by Crippen LogP contribution is 2.19. The van der Waals surface area contributed by atoms with E-state index in [1.807, 2.05) is 52.0 Å². The zero-order valence-electron chi connectivity index (χ0n) is 11.7. The zero-order valence-corrected chi connectivity index (χ0v) is 11.7. The number of aromatic nitrogens is 2. The Bertz CT molecular complexity index is 600. The lowest BCUT2D eigenvalue weighted by Gasteiger charge is -2.05. The Morgan fingerprint density at radius 2 is 2.05 bits per heavy atom. The van der Waals surface area contributed by atoms with E-state index in [0.717, 1.165) is 16.8 Å². The average molecular weight is 258 g/mol. The van der Waals surface area contributed by atoms with Gasteiger partial charge in [0.1, 0.15) is 5.82 Å². The third-order valence-electron chi connectivity index (χ3n) is 2.71. The minimum atomic E-state index is -0.386. The second-order valence-electron chi connectivity index (χ2n) is 4.88. The van der Waals surface area contributed by atoms with Crippen LogP contribution in [0.4, 0.5) is 0 Å². The number of carbonyl (C=O) groups is 1. The molecule has 1 aromatic carbocycles. The van der Waals surface area contributed by atoms with Crippen LogP contribution in [0, 0.1) is 13.8 Å². The maximum atomic E-state index is 11.9. The maximum absolute atomic E-state index is 11.9. The lowest BCUT2D eigenvalue weighted by atomic mass is 10.1. The van der Waals surface area contributed by atoms with E-state index in [0.29, 0.717) is 11.5 Å². The number of hydrogen-bond acceptors (Lipinski definition) is 3. The molecular formula is C15H18N2O2.